The molecule has 2 saturated carbocycles. The molecule has 150 valence electrons. The van der Waals surface area contributed by atoms with Crippen molar-refractivity contribution in [2.75, 3.05) is 13.1 Å². The molecule has 28 heavy (non-hydrogen) atoms. The van der Waals surface area contributed by atoms with Crippen molar-refractivity contribution < 1.29 is 14.3 Å². The molecule has 5 rings (SSSR count). The number of fused-ring (bicyclic) bond motifs is 1. The van der Waals surface area contributed by atoms with Crippen molar-refractivity contribution in [3.63, 3.8) is 0 Å². The van der Waals surface area contributed by atoms with Gasteiger partial charge in [0.2, 0.25) is 5.91 Å². The number of nitrogens with zero attached hydrogens (tertiary/aromatic N) is 1. The Labute approximate surface area is 166 Å². The molecule has 0 aromatic heterocycles. The molecular formula is C23H30N2O3. The largest absolute Gasteiger partial charge is 0.457 e. The predicted octanol–water partition coefficient (Wildman–Crippen LogP) is 2.47. The fraction of sp³-hybridized carbons (Fsp3) is 0.652. The Morgan fingerprint density at radius 1 is 1.29 bits per heavy atom. The molecule has 0 radical (unpaired) electrons. The highest BCUT2D eigenvalue weighted by Crippen LogP contribution is 2.63. The van der Waals surface area contributed by atoms with Crippen molar-refractivity contribution >= 4 is 11.9 Å². The average Bonchev–Trinajstić information content (AvgIpc) is 3.36. The summed E-state index contributed by atoms with van der Waals surface area (Å²) < 4.78 is 6.28. The highest BCUT2D eigenvalue weighted by molar-refractivity contribution is 5.78. The minimum Gasteiger partial charge on any atom is -0.457 e. The van der Waals surface area contributed by atoms with E-state index in [9.17, 15) is 9.59 Å². The lowest BCUT2D eigenvalue weighted by Crippen LogP contribution is -2.70. The Bertz CT molecular complexity index is 848. The van der Waals surface area contributed by atoms with Crippen molar-refractivity contribution in [2.24, 2.45) is 17.6 Å². The number of benzene rings is 1. The Kier molecular flexibility index (Phi) is 3.93. The zero-order chi connectivity index (χ0) is 19.7. The highest BCUT2D eigenvalue weighted by Gasteiger charge is 2.70. The molecule has 5 heteroatoms. The molecule has 1 saturated heterocycles. The summed E-state index contributed by atoms with van der Waals surface area (Å²) in [5.74, 6) is 0.0246. The summed E-state index contributed by atoms with van der Waals surface area (Å²) in [6.07, 6.45) is 5.65. The van der Waals surface area contributed by atoms with Crippen molar-refractivity contribution in [1.29, 1.82) is 0 Å². The van der Waals surface area contributed by atoms with Crippen LogP contribution in [0, 0.1) is 18.8 Å². The number of primary amides is 1. The quantitative estimate of drug-likeness (QED) is 0.812. The normalized spacial score (nSPS) is 36.5. The molecular weight excluding hydrogens is 352 g/mol. The molecule has 1 aromatic carbocycles. The highest BCUT2D eigenvalue weighted by atomic mass is 16.6. The number of nitrogens with two attached hydrogens (primary N) is 1. The molecule has 1 heterocycles. The van der Waals surface area contributed by atoms with Crippen LogP contribution in [0.2, 0.25) is 0 Å². The second kappa shape index (κ2) is 6.06. The van der Waals surface area contributed by atoms with Crippen LogP contribution >= 0.6 is 0 Å². The lowest BCUT2D eigenvalue weighted by Gasteiger charge is -2.60. The van der Waals surface area contributed by atoms with Gasteiger partial charge in [0.05, 0.1) is 6.04 Å². The Morgan fingerprint density at radius 3 is 2.75 bits per heavy atom. The van der Waals surface area contributed by atoms with Crippen LogP contribution in [0.25, 0.3) is 0 Å². The van der Waals surface area contributed by atoms with E-state index >= 15 is 0 Å². The molecule has 3 aliphatic carbocycles. The third-order valence-corrected chi connectivity index (χ3v) is 7.87. The fourth-order valence-corrected chi connectivity index (χ4v) is 6.59. The molecule has 4 atom stereocenters. The number of hydrogen-bond acceptors (Lipinski definition) is 4. The van der Waals surface area contributed by atoms with E-state index in [1.165, 1.54) is 36.5 Å². The van der Waals surface area contributed by atoms with Crippen LogP contribution < -0.4 is 5.73 Å². The summed E-state index contributed by atoms with van der Waals surface area (Å²) >= 11 is 0. The maximum absolute atomic E-state index is 12.3. The maximum atomic E-state index is 12.3. The molecule has 1 aromatic rings. The number of carbonyl (C=O) groups is 2. The number of likely N-dealkylation sites (tertiary alicyclic amines) is 1. The lowest BCUT2D eigenvalue weighted by atomic mass is 9.55. The molecule has 0 unspecified atom stereocenters. The number of carbonyl (C=O) groups excluding carboxylic acids is 2. The number of rotatable bonds is 4. The van der Waals surface area contributed by atoms with E-state index < -0.39 is 5.60 Å². The van der Waals surface area contributed by atoms with Gasteiger partial charge in [-0.25, -0.2) is 0 Å². The van der Waals surface area contributed by atoms with Gasteiger partial charge >= 0.3 is 5.97 Å². The lowest BCUT2D eigenvalue weighted by molar-refractivity contribution is -0.189. The fourth-order valence-electron chi connectivity index (χ4n) is 6.59. The zero-order valence-electron chi connectivity index (χ0n) is 16.9. The first-order chi connectivity index (χ1) is 13.3. The number of hydrogen-bond donors (Lipinski definition) is 1. The van der Waals surface area contributed by atoms with E-state index in [0.717, 1.165) is 31.8 Å². The molecule has 2 N–H and O–H groups in total. The first-order valence-electron chi connectivity index (χ1n) is 10.7. The SMILES string of the molecule is CC(=O)O[C@@]12C[C@@H](C(N)=O)C[C@@]13CCN(CC1CC1)[C@@H]2Cc1ccc(C)cc13. The topological polar surface area (TPSA) is 72.6 Å². The Balaban J connectivity index is 1.69. The van der Waals surface area contributed by atoms with Gasteiger partial charge < -0.3 is 10.5 Å². The first-order valence-corrected chi connectivity index (χ1v) is 10.7. The smallest absolute Gasteiger partial charge is 0.303 e. The van der Waals surface area contributed by atoms with E-state index in [1.54, 1.807) is 0 Å². The van der Waals surface area contributed by atoms with Gasteiger partial charge in [-0.3, -0.25) is 14.5 Å². The molecule has 0 spiro atoms. The second-order valence-corrected chi connectivity index (χ2v) is 9.64. The van der Waals surface area contributed by atoms with E-state index in [0.29, 0.717) is 12.8 Å². The summed E-state index contributed by atoms with van der Waals surface area (Å²) in [7, 11) is 0. The zero-order valence-corrected chi connectivity index (χ0v) is 16.9. The Hall–Kier alpha value is -1.88. The van der Waals surface area contributed by atoms with Crippen molar-refractivity contribution in [1.82, 2.24) is 4.90 Å². The van der Waals surface area contributed by atoms with Gasteiger partial charge in [-0.05, 0) is 62.6 Å². The number of amides is 1. The van der Waals surface area contributed by atoms with Crippen LogP contribution in [0.4, 0.5) is 0 Å². The van der Waals surface area contributed by atoms with Crippen LogP contribution in [0.15, 0.2) is 18.2 Å². The van der Waals surface area contributed by atoms with E-state index in [-0.39, 0.29) is 29.3 Å². The van der Waals surface area contributed by atoms with Gasteiger partial charge in [0, 0.05) is 31.2 Å². The third kappa shape index (κ3) is 2.48. The molecule has 3 fully saturated rings. The second-order valence-electron chi connectivity index (χ2n) is 9.64. The van der Waals surface area contributed by atoms with Gasteiger partial charge in [-0.15, -0.1) is 0 Å². The van der Waals surface area contributed by atoms with Gasteiger partial charge in [-0.1, -0.05) is 23.8 Å². The monoisotopic (exact) mass is 382 g/mol. The van der Waals surface area contributed by atoms with Crippen molar-refractivity contribution in [2.45, 2.75) is 69.4 Å². The summed E-state index contributed by atoms with van der Waals surface area (Å²) in [5, 5.41) is 0. The standard InChI is InChI=1S/C23H30N2O3/c1-14-3-6-17-10-20-23(28-15(2)26)12-18(21(24)27)11-22(23,19(17)9-14)7-8-25(20)13-16-4-5-16/h3,6,9,16,18,20H,4-5,7-8,10-13H2,1-2H3,(H2,24,27)/t18-,20+,22+,23+/m0/s1. The molecule has 1 aliphatic heterocycles. The summed E-state index contributed by atoms with van der Waals surface area (Å²) in [6.45, 7) is 5.70. The van der Waals surface area contributed by atoms with Crippen LogP contribution in [0.5, 0.6) is 0 Å². The van der Waals surface area contributed by atoms with Gasteiger partial charge in [-0.2, -0.15) is 0 Å². The van der Waals surface area contributed by atoms with E-state index in [2.05, 4.69) is 30.0 Å². The Morgan fingerprint density at radius 2 is 2.07 bits per heavy atom. The molecule has 2 bridgehead atoms. The summed E-state index contributed by atoms with van der Waals surface area (Å²) in [4.78, 5) is 27.2. The van der Waals surface area contributed by atoms with Gasteiger partial charge in [0.1, 0.15) is 5.60 Å². The van der Waals surface area contributed by atoms with Crippen LogP contribution in [0.1, 0.15) is 55.7 Å². The molecule has 1 amide bonds. The number of esters is 1. The van der Waals surface area contributed by atoms with Gasteiger partial charge in [0.15, 0.2) is 0 Å². The predicted molar refractivity (Wildman–Crippen MR) is 106 cm³/mol. The first kappa shape index (κ1) is 18.2. The molecule has 4 aliphatic rings. The summed E-state index contributed by atoms with van der Waals surface area (Å²) in [6, 6.07) is 6.82. The minimum atomic E-state index is -0.646. The van der Waals surface area contributed by atoms with Crippen LogP contribution in [-0.4, -0.2) is 41.5 Å². The van der Waals surface area contributed by atoms with Gasteiger partial charge in [0.25, 0.3) is 0 Å². The van der Waals surface area contributed by atoms with Crippen molar-refractivity contribution in [3.8, 4) is 0 Å². The minimum absolute atomic E-state index is 0.130. The third-order valence-electron chi connectivity index (χ3n) is 7.87. The number of aryl methyl sites for hydroxylation is 1. The number of piperidine rings is 1. The van der Waals surface area contributed by atoms with E-state index in [4.69, 9.17) is 10.5 Å². The van der Waals surface area contributed by atoms with Crippen molar-refractivity contribution in [3.05, 3.63) is 34.9 Å². The maximum Gasteiger partial charge on any atom is 0.303 e. The van der Waals surface area contributed by atoms with Crippen LogP contribution in [0.3, 0.4) is 0 Å². The average molecular weight is 383 g/mol. The van der Waals surface area contributed by atoms with E-state index in [1.807, 2.05) is 0 Å². The van der Waals surface area contributed by atoms with Crippen LogP contribution in [-0.2, 0) is 26.2 Å². The molecule has 5 nitrogen and oxygen atoms in total. The summed E-state index contributed by atoms with van der Waals surface area (Å²) in [5.41, 5.74) is 8.71. The number of ether oxygens (including phenoxy) is 1.